The minimum Gasteiger partial charge on any atom is -0.377 e. The molecule has 0 saturated heterocycles. The molecule has 0 fully saturated rings. The summed E-state index contributed by atoms with van der Waals surface area (Å²) in [5, 5.41) is 0. The molecule has 0 N–H and O–H groups in total. The Balaban J connectivity index is 2.24. The summed E-state index contributed by atoms with van der Waals surface area (Å²) in [6.07, 6.45) is 6.81. The summed E-state index contributed by atoms with van der Waals surface area (Å²) in [4.78, 5) is 3.98. The molecule has 0 radical (unpaired) electrons. The Morgan fingerprint density at radius 1 is 1.25 bits per heavy atom. The minimum atomic E-state index is 0.748. The van der Waals surface area contributed by atoms with Crippen molar-refractivity contribution in [3.63, 3.8) is 0 Å². The lowest BCUT2D eigenvalue weighted by Crippen LogP contribution is -2.03. The Morgan fingerprint density at radius 2 is 2.08 bits per heavy atom. The standard InChI is InChI=1S/C10H11NO/c1-5-11-6-2-9(1)10-3-7-12-8-4-10/h1-3,5-6H,4,7-8H2. The van der Waals surface area contributed by atoms with Crippen LogP contribution in [0.2, 0.25) is 0 Å². The maximum absolute atomic E-state index is 5.23. The van der Waals surface area contributed by atoms with Crippen LogP contribution in [0, 0.1) is 0 Å². The maximum atomic E-state index is 5.23. The van der Waals surface area contributed by atoms with Crippen LogP contribution in [0.1, 0.15) is 12.0 Å². The molecule has 1 aromatic rings. The number of pyridine rings is 1. The summed E-state index contributed by atoms with van der Waals surface area (Å²) in [7, 11) is 0. The monoisotopic (exact) mass is 161 g/mol. The van der Waals surface area contributed by atoms with Gasteiger partial charge in [0, 0.05) is 12.4 Å². The van der Waals surface area contributed by atoms with E-state index < -0.39 is 0 Å². The Bertz CT molecular complexity index is 279. The molecule has 2 nitrogen and oxygen atoms in total. The fourth-order valence-corrected chi connectivity index (χ4v) is 1.36. The molecule has 0 aliphatic carbocycles. The van der Waals surface area contributed by atoms with Gasteiger partial charge in [0.25, 0.3) is 0 Å². The van der Waals surface area contributed by atoms with Gasteiger partial charge in [-0.15, -0.1) is 0 Å². The molecule has 0 atom stereocenters. The smallest absolute Gasteiger partial charge is 0.0653 e. The molecule has 2 heterocycles. The molecular weight excluding hydrogens is 150 g/mol. The summed E-state index contributed by atoms with van der Waals surface area (Å²) in [5.41, 5.74) is 2.65. The Hall–Kier alpha value is -1.15. The average Bonchev–Trinajstić information content (AvgIpc) is 2.21. The molecule has 12 heavy (non-hydrogen) atoms. The highest BCUT2D eigenvalue weighted by Crippen LogP contribution is 2.19. The van der Waals surface area contributed by atoms with Crippen LogP contribution in [0.15, 0.2) is 30.6 Å². The van der Waals surface area contributed by atoms with Crippen LogP contribution in [0.3, 0.4) is 0 Å². The number of ether oxygens (including phenoxy) is 1. The molecule has 1 aromatic heterocycles. The van der Waals surface area contributed by atoms with Gasteiger partial charge >= 0.3 is 0 Å². The molecule has 2 heteroatoms. The second kappa shape index (κ2) is 3.50. The quantitative estimate of drug-likeness (QED) is 0.627. The lowest BCUT2D eigenvalue weighted by molar-refractivity contribution is 0.161. The predicted molar refractivity (Wildman–Crippen MR) is 47.7 cm³/mol. The van der Waals surface area contributed by atoms with E-state index in [1.165, 1.54) is 11.1 Å². The fraction of sp³-hybridized carbons (Fsp3) is 0.300. The van der Waals surface area contributed by atoms with Crippen LogP contribution >= 0.6 is 0 Å². The predicted octanol–water partition coefficient (Wildman–Crippen LogP) is 1.89. The normalized spacial score (nSPS) is 17.2. The van der Waals surface area contributed by atoms with Crippen LogP contribution in [0.4, 0.5) is 0 Å². The second-order valence-corrected chi connectivity index (χ2v) is 2.79. The molecule has 62 valence electrons. The first-order valence-corrected chi connectivity index (χ1v) is 4.14. The number of nitrogens with zero attached hydrogens (tertiary/aromatic N) is 1. The molecule has 0 spiro atoms. The highest BCUT2D eigenvalue weighted by atomic mass is 16.5. The molecule has 0 unspecified atom stereocenters. The van der Waals surface area contributed by atoms with Crippen molar-refractivity contribution in [2.75, 3.05) is 13.2 Å². The van der Waals surface area contributed by atoms with Crippen LogP contribution in [-0.2, 0) is 4.74 Å². The molecule has 1 aliphatic heterocycles. The van der Waals surface area contributed by atoms with Crippen LogP contribution in [0.25, 0.3) is 5.57 Å². The third-order valence-corrected chi connectivity index (χ3v) is 2.01. The first-order valence-electron chi connectivity index (χ1n) is 4.14. The van der Waals surface area contributed by atoms with E-state index in [0.717, 1.165) is 19.6 Å². The summed E-state index contributed by atoms with van der Waals surface area (Å²) in [5.74, 6) is 0. The molecule has 0 aromatic carbocycles. The van der Waals surface area contributed by atoms with E-state index in [9.17, 15) is 0 Å². The zero-order valence-electron chi connectivity index (χ0n) is 6.86. The van der Waals surface area contributed by atoms with Gasteiger partial charge in [0.2, 0.25) is 0 Å². The van der Waals surface area contributed by atoms with Crippen molar-refractivity contribution in [2.24, 2.45) is 0 Å². The van der Waals surface area contributed by atoms with Crippen molar-refractivity contribution in [3.05, 3.63) is 36.2 Å². The lowest BCUT2D eigenvalue weighted by atomic mass is 10.0. The molecule has 2 rings (SSSR count). The van der Waals surface area contributed by atoms with Crippen LogP contribution in [0.5, 0.6) is 0 Å². The van der Waals surface area contributed by atoms with Crippen molar-refractivity contribution < 1.29 is 4.74 Å². The second-order valence-electron chi connectivity index (χ2n) is 2.79. The third-order valence-electron chi connectivity index (χ3n) is 2.01. The van der Waals surface area contributed by atoms with Crippen molar-refractivity contribution in [1.82, 2.24) is 4.98 Å². The number of hydrogen-bond acceptors (Lipinski definition) is 2. The third kappa shape index (κ3) is 1.53. The molecule has 1 aliphatic rings. The highest BCUT2D eigenvalue weighted by molar-refractivity contribution is 5.65. The zero-order valence-corrected chi connectivity index (χ0v) is 6.86. The highest BCUT2D eigenvalue weighted by Gasteiger charge is 2.04. The van der Waals surface area contributed by atoms with Gasteiger partial charge in [-0.1, -0.05) is 6.08 Å². The van der Waals surface area contributed by atoms with E-state index in [1.54, 1.807) is 0 Å². The summed E-state index contributed by atoms with van der Waals surface area (Å²) >= 11 is 0. The SMILES string of the molecule is C1=C(c2ccncc2)CCOC1. The van der Waals surface area contributed by atoms with E-state index >= 15 is 0 Å². The van der Waals surface area contributed by atoms with E-state index in [4.69, 9.17) is 4.74 Å². The number of aromatic nitrogens is 1. The van der Waals surface area contributed by atoms with Gasteiger partial charge < -0.3 is 4.74 Å². The average molecular weight is 161 g/mol. The number of rotatable bonds is 1. The summed E-state index contributed by atoms with van der Waals surface area (Å²) in [6, 6.07) is 4.08. The lowest BCUT2D eigenvalue weighted by Gasteiger charge is -2.12. The van der Waals surface area contributed by atoms with E-state index in [-0.39, 0.29) is 0 Å². The molecule has 0 bridgehead atoms. The molecular formula is C10H11NO. The summed E-state index contributed by atoms with van der Waals surface area (Å²) < 4.78 is 5.23. The van der Waals surface area contributed by atoms with E-state index in [0.29, 0.717) is 0 Å². The van der Waals surface area contributed by atoms with E-state index in [2.05, 4.69) is 11.1 Å². The van der Waals surface area contributed by atoms with Gasteiger partial charge in [-0.05, 0) is 29.7 Å². The van der Waals surface area contributed by atoms with Crippen molar-refractivity contribution in [1.29, 1.82) is 0 Å². The first-order chi connectivity index (χ1) is 5.97. The van der Waals surface area contributed by atoms with Gasteiger partial charge in [0.1, 0.15) is 0 Å². The van der Waals surface area contributed by atoms with Gasteiger partial charge in [0.15, 0.2) is 0 Å². The van der Waals surface area contributed by atoms with Crippen LogP contribution in [-0.4, -0.2) is 18.2 Å². The van der Waals surface area contributed by atoms with Crippen LogP contribution < -0.4 is 0 Å². The Morgan fingerprint density at radius 3 is 2.75 bits per heavy atom. The van der Waals surface area contributed by atoms with Crippen molar-refractivity contribution in [3.8, 4) is 0 Å². The fourth-order valence-electron chi connectivity index (χ4n) is 1.36. The minimum absolute atomic E-state index is 0.748. The van der Waals surface area contributed by atoms with E-state index in [1.807, 2.05) is 24.5 Å². The number of hydrogen-bond donors (Lipinski definition) is 0. The largest absolute Gasteiger partial charge is 0.377 e. The molecule has 0 saturated carbocycles. The molecule has 0 amide bonds. The van der Waals surface area contributed by atoms with Gasteiger partial charge in [-0.25, -0.2) is 0 Å². The van der Waals surface area contributed by atoms with Gasteiger partial charge in [-0.2, -0.15) is 0 Å². The Labute approximate surface area is 71.9 Å². The zero-order chi connectivity index (χ0) is 8.23. The van der Waals surface area contributed by atoms with Crippen molar-refractivity contribution in [2.45, 2.75) is 6.42 Å². The van der Waals surface area contributed by atoms with Gasteiger partial charge in [-0.3, -0.25) is 4.98 Å². The van der Waals surface area contributed by atoms with Crippen molar-refractivity contribution >= 4 is 5.57 Å². The van der Waals surface area contributed by atoms with Gasteiger partial charge in [0.05, 0.1) is 13.2 Å². The topological polar surface area (TPSA) is 22.1 Å². The maximum Gasteiger partial charge on any atom is 0.0653 e. The summed E-state index contributed by atoms with van der Waals surface area (Å²) in [6.45, 7) is 1.59. The Kier molecular flexibility index (Phi) is 2.19. The first kappa shape index (κ1) is 7.50.